The lowest BCUT2D eigenvalue weighted by Crippen LogP contribution is -2.50. The standard InChI is InChI=1S/C23H25N5O2/c29-23(28-11-9-27(10-12-28)16-18-2-1-13-30-18)22-14-19(17-3-6-24-7-4-17)20-15-25-8-5-21(20)26-22/h3-8,14-15,18H,1-2,9-13,16H2/t18-/m1/s1. The molecule has 2 saturated heterocycles. The molecule has 0 aliphatic carbocycles. The maximum absolute atomic E-state index is 13.3. The van der Waals surface area contributed by atoms with Gasteiger partial charge in [-0.1, -0.05) is 0 Å². The zero-order valence-corrected chi connectivity index (χ0v) is 16.9. The Balaban J connectivity index is 1.36. The van der Waals surface area contributed by atoms with Gasteiger partial charge in [0.05, 0.1) is 11.6 Å². The number of amides is 1. The molecule has 5 heterocycles. The quantitative estimate of drug-likeness (QED) is 0.667. The van der Waals surface area contributed by atoms with Crippen LogP contribution in [-0.4, -0.2) is 76.1 Å². The Bertz CT molecular complexity index is 1030. The molecule has 5 rings (SSSR count). The van der Waals surface area contributed by atoms with Crippen molar-refractivity contribution in [1.82, 2.24) is 24.8 Å². The van der Waals surface area contributed by atoms with Crippen LogP contribution in [0.4, 0.5) is 0 Å². The van der Waals surface area contributed by atoms with Crippen molar-refractivity contribution in [3.05, 3.63) is 54.7 Å². The Morgan fingerprint density at radius 2 is 1.87 bits per heavy atom. The summed E-state index contributed by atoms with van der Waals surface area (Å²) in [5.41, 5.74) is 3.21. The number of aromatic nitrogens is 3. The van der Waals surface area contributed by atoms with Gasteiger partial charge in [-0.15, -0.1) is 0 Å². The van der Waals surface area contributed by atoms with Crippen molar-refractivity contribution < 1.29 is 9.53 Å². The van der Waals surface area contributed by atoms with E-state index < -0.39 is 0 Å². The number of fused-ring (bicyclic) bond motifs is 1. The second kappa shape index (κ2) is 8.45. The molecule has 0 saturated carbocycles. The molecule has 0 bridgehead atoms. The first-order valence-corrected chi connectivity index (χ1v) is 10.6. The number of ether oxygens (including phenoxy) is 1. The molecule has 1 amide bonds. The van der Waals surface area contributed by atoms with Gasteiger partial charge in [0.15, 0.2) is 0 Å². The Morgan fingerprint density at radius 1 is 1.07 bits per heavy atom. The first-order chi connectivity index (χ1) is 14.8. The molecule has 30 heavy (non-hydrogen) atoms. The highest BCUT2D eigenvalue weighted by Gasteiger charge is 2.26. The van der Waals surface area contributed by atoms with Crippen molar-refractivity contribution >= 4 is 16.8 Å². The van der Waals surface area contributed by atoms with E-state index in [2.05, 4.69) is 19.9 Å². The van der Waals surface area contributed by atoms with Crippen LogP contribution >= 0.6 is 0 Å². The third-order valence-corrected chi connectivity index (χ3v) is 5.97. The minimum atomic E-state index is -0.0132. The fourth-order valence-electron chi connectivity index (χ4n) is 4.32. The van der Waals surface area contributed by atoms with Crippen molar-refractivity contribution in [2.24, 2.45) is 0 Å². The van der Waals surface area contributed by atoms with Crippen LogP contribution in [0.2, 0.25) is 0 Å². The van der Waals surface area contributed by atoms with Gasteiger partial charge in [0.2, 0.25) is 0 Å². The van der Waals surface area contributed by atoms with Crippen LogP contribution in [0.5, 0.6) is 0 Å². The number of carbonyl (C=O) groups excluding carboxylic acids is 1. The van der Waals surface area contributed by atoms with Gasteiger partial charge in [0, 0.05) is 69.5 Å². The van der Waals surface area contributed by atoms with E-state index in [1.54, 1.807) is 24.8 Å². The van der Waals surface area contributed by atoms with Crippen LogP contribution in [0.1, 0.15) is 23.3 Å². The highest BCUT2D eigenvalue weighted by atomic mass is 16.5. The van der Waals surface area contributed by atoms with Gasteiger partial charge in [-0.25, -0.2) is 4.98 Å². The largest absolute Gasteiger partial charge is 0.377 e. The number of rotatable bonds is 4. The number of piperazine rings is 1. The van der Waals surface area contributed by atoms with Gasteiger partial charge in [-0.2, -0.15) is 0 Å². The zero-order valence-electron chi connectivity index (χ0n) is 16.9. The van der Waals surface area contributed by atoms with E-state index in [9.17, 15) is 4.79 Å². The molecule has 2 fully saturated rings. The van der Waals surface area contributed by atoms with E-state index >= 15 is 0 Å². The molecule has 0 aromatic carbocycles. The molecule has 2 aliphatic heterocycles. The predicted octanol–water partition coefficient (Wildman–Crippen LogP) is 2.63. The summed E-state index contributed by atoms with van der Waals surface area (Å²) in [6.45, 7) is 5.03. The minimum absolute atomic E-state index is 0.0132. The molecule has 0 radical (unpaired) electrons. The van der Waals surface area contributed by atoms with E-state index in [1.165, 1.54) is 0 Å². The molecule has 3 aromatic rings. The highest BCUT2D eigenvalue weighted by Crippen LogP contribution is 2.28. The van der Waals surface area contributed by atoms with Crippen LogP contribution in [0.3, 0.4) is 0 Å². The second-order valence-electron chi connectivity index (χ2n) is 7.91. The molecule has 3 aromatic heterocycles. The van der Waals surface area contributed by atoms with Gasteiger partial charge in [-0.05, 0) is 48.2 Å². The smallest absolute Gasteiger partial charge is 0.272 e. The van der Waals surface area contributed by atoms with Crippen LogP contribution < -0.4 is 0 Å². The van der Waals surface area contributed by atoms with E-state index in [0.717, 1.165) is 61.1 Å². The highest BCUT2D eigenvalue weighted by molar-refractivity contribution is 6.01. The summed E-state index contributed by atoms with van der Waals surface area (Å²) in [7, 11) is 0. The van der Waals surface area contributed by atoms with Gasteiger partial charge >= 0.3 is 0 Å². The lowest BCUT2D eigenvalue weighted by molar-refractivity contribution is 0.0430. The summed E-state index contributed by atoms with van der Waals surface area (Å²) in [6.07, 6.45) is 9.68. The average Bonchev–Trinajstić information content (AvgIpc) is 3.32. The van der Waals surface area contributed by atoms with Crippen molar-refractivity contribution in [2.45, 2.75) is 18.9 Å². The van der Waals surface area contributed by atoms with Gasteiger partial charge in [0.25, 0.3) is 5.91 Å². The molecule has 0 unspecified atom stereocenters. The summed E-state index contributed by atoms with van der Waals surface area (Å²) >= 11 is 0. The second-order valence-corrected chi connectivity index (χ2v) is 7.91. The van der Waals surface area contributed by atoms with Gasteiger partial charge < -0.3 is 9.64 Å². The SMILES string of the molecule is O=C(c1cc(-c2ccncc2)c2cnccc2n1)N1CCN(C[C@H]2CCCO2)CC1. The normalized spacial score (nSPS) is 20.0. The minimum Gasteiger partial charge on any atom is -0.377 e. The fraction of sp³-hybridized carbons (Fsp3) is 0.391. The van der Waals surface area contributed by atoms with Crippen LogP contribution in [0.15, 0.2) is 49.1 Å². The monoisotopic (exact) mass is 403 g/mol. The maximum Gasteiger partial charge on any atom is 0.272 e. The molecule has 2 aliphatic rings. The van der Waals surface area contributed by atoms with Gasteiger partial charge in [-0.3, -0.25) is 19.7 Å². The molecule has 154 valence electrons. The summed E-state index contributed by atoms with van der Waals surface area (Å²) in [5, 5.41) is 0.932. The molecule has 7 nitrogen and oxygen atoms in total. The molecular weight excluding hydrogens is 378 g/mol. The summed E-state index contributed by atoms with van der Waals surface area (Å²) in [4.78, 5) is 30.6. The third-order valence-electron chi connectivity index (χ3n) is 5.97. The van der Waals surface area contributed by atoms with Crippen LogP contribution in [0.25, 0.3) is 22.0 Å². The summed E-state index contributed by atoms with van der Waals surface area (Å²) < 4.78 is 5.75. The fourth-order valence-corrected chi connectivity index (χ4v) is 4.32. The molecule has 0 N–H and O–H groups in total. The van der Waals surface area contributed by atoms with Crippen molar-refractivity contribution in [1.29, 1.82) is 0 Å². The van der Waals surface area contributed by atoms with E-state index in [1.807, 2.05) is 29.2 Å². The predicted molar refractivity (Wildman–Crippen MR) is 114 cm³/mol. The first-order valence-electron chi connectivity index (χ1n) is 10.6. The topological polar surface area (TPSA) is 71.5 Å². The van der Waals surface area contributed by atoms with Crippen molar-refractivity contribution in [3.8, 4) is 11.1 Å². The van der Waals surface area contributed by atoms with E-state index in [0.29, 0.717) is 24.9 Å². The lowest BCUT2D eigenvalue weighted by Gasteiger charge is -2.35. The van der Waals surface area contributed by atoms with E-state index in [-0.39, 0.29) is 5.91 Å². The van der Waals surface area contributed by atoms with Gasteiger partial charge in [0.1, 0.15) is 5.69 Å². The number of nitrogens with zero attached hydrogens (tertiary/aromatic N) is 5. The first kappa shape index (κ1) is 19.1. The number of hydrogen-bond donors (Lipinski definition) is 0. The van der Waals surface area contributed by atoms with Crippen molar-refractivity contribution in [3.63, 3.8) is 0 Å². The molecule has 7 heteroatoms. The third kappa shape index (κ3) is 3.91. The average molecular weight is 403 g/mol. The van der Waals surface area contributed by atoms with Crippen LogP contribution in [0, 0.1) is 0 Å². The lowest BCUT2D eigenvalue weighted by atomic mass is 10.0. The molecule has 0 spiro atoms. The number of pyridine rings is 3. The van der Waals surface area contributed by atoms with Crippen LogP contribution in [-0.2, 0) is 4.74 Å². The van der Waals surface area contributed by atoms with Crippen molar-refractivity contribution in [2.75, 3.05) is 39.3 Å². The Morgan fingerprint density at radius 3 is 2.63 bits per heavy atom. The number of hydrogen-bond acceptors (Lipinski definition) is 6. The molecular formula is C23H25N5O2. The Labute approximate surface area is 175 Å². The summed E-state index contributed by atoms with van der Waals surface area (Å²) in [6, 6.07) is 7.64. The summed E-state index contributed by atoms with van der Waals surface area (Å²) in [5.74, 6) is -0.0132. The Kier molecular flexibility index (Phi) is 5.38. The van der Waals surface area contributed by atoms with E-state index in [4.69, 9.17) is 4.74 Å². The number of carbonyl (C=O) groups is 1. The maximum atomic E-state index is 13.3. The molecule has 1 atom stereocenters. The Hall–Kier alpha value is -2.90. The zero-order chi connectivity index (χ0) is 20.3.